The summed E-state index contributed by atoms with van der Waals surface area (Å²) in [4.78, 5) is 26.6. The van der Waals surface area contributed by atoms with Gasteiger partial charge in [-0.3, -0.25) is 4.79 Å². The Hall–Kier alpha value is -1.79. The largest absolute Gasteiger partial charge is 0.352 e. The molecular formula is C18H27ClN4O2. The number of hydrogen-bond acceptors (Lipinski definition) is 3. The molecule has 2 fully saturated rings. The summed E-state index contributed by atoms with van der Waals surface area (Å²) in [5.74, 6) is -0.0284. The summed E-state index contributed by atoms with van der Waals surface area (Å²) in [6.07, 6.45) is 2.69. The Morgan fingerprint density at radius 2 is 2.12 bits per heavy atom. The van der Waals surface area contributed by atoms with E-state index in [1.54, 1.807) is 4.90 Å². The highest BCUT2D eigenvalue weighted by Crippen LogP contribution is 2.19. The highest BCUT2D eigenvalue weighted by atomic mass is 35.5. The molecule has 0 bridgehead atoms. The summed E-state index contributed by atoms with van der Waals surface area (Å²) in [5.41, 5.74) is 1.90. The van der Waals surface area contributed by atoms with Crippen molar-refractivity contribution >= 4 is 30.0 Å². The molecule has 3 rings (SSSR count). The number of nitrogens with zero attached hydrogens (tertiary/aromatic N) is 1. The quantitative estimate of drug-likeness (QED) is 0.767. The second kappa shape index (κ2) is 9.06. The number of rotatable bonds is 3. The van der Waals surface area contributed by atoms with Gasteiger partial charge >= 0.3 is 6.03 Å². The second-order valence-electron chi connectivity index (χ2n) is 6.78. The van der Waals surface area contributed by atoms with E-state index in [1.807, 2.05) is 31.2 Å². The van der Waals surface area contributed by atoms with Crippen molar-refractivity contribution in [1.82, 2.24) is 15.5 Å². The van der Waals surface area contributed by atoms with Gasteiger partial charge in [0.2, 0.25) is 5.91 Å². The lowest BCUT2D eigenvalue weighted by Gasteiger charge is -2.32. The number of urea groups is 1. The topological polar surface area (TPSA) is 73.5 Å². The minimum atomic E-state index is -0.124. The molecule has 2 atom stereocenters. The van der Waals surface area contributed by atoms with Gasteiger partial charge in [0.1, 0.15) is 0 Å². The Balaban J connectivity index is 0.00000225. The van der Waals surface area contributed by atoms with Crippen LogP contribution >= 0.6 is 12.4 Å². The van der Waals surface area contributed by atoms with E-state index >= 15 is 0 Å². The van der Waals surface area contributed by atoms with Crippen LogP contribution in [0.25, 0.3) is 0 Å². The first-order chi connectivity index (χ1) is 11.6. The monoisotopic (exact) mass is 366 g/mol. The fraction of sp³-hybridized carbons (Fsp3) is 0.556. The molecule has 2 aliphatic heterocycles. The summed E-state index contributed by atoms with van der Waals surface area (Å²) in [6.45, 7) is 4.99. The zero-order chi connectivity index (χ0) is 16.9. The van der Waals surface area contributed by atoms with Crippen molar-refractivity contribution in [2.24, 2.45) is 5.92 Å². The number of halogens is 1. The third-order valence-electron chi connectivity index (χ3n) is 4.76. The van der Waals surface area contributed by atoms with E-state index in [-0.39, 0.29) is 36.3 Å². The first kappa shape index (κ1) is 19.5. The normalized spacial score (nSPS) is 22.8. The number of nitrogens with one attached hydrogen (secondary N) is 3. The van der Waals surface area contributed by atoms with Gasteiger partial charge in [0.05, 0.1) is 5.92 Å². The predicted molar refractivity (Wildman–Crippen MR) is 101 cm³/mol. The highest BCUT2D eigenvalue weighted by Gasteiger charge is 2.30. The number of hydrogen-bond donors (Lipinski definition) is 3. The fourth-order valence-electron chi connectivity index (χ4n) is 3.40. The van der Waals surface area contributed by atoms with Crippen molar-refractivity contribution < 1.29 is 9.59 Å². The van der Waals surface area contributed by atoms with Crippen molar-refractivity contribution in [3.8, 4) is 0 Å². The molecule has 0 saturated carbocycles. The van der Waals surface area contributed by atoms with Crippen LogP contribution in [0.4, 0.5) is 10.5 Å². The third-order valence-corrected chi connectivity index (χ3v) is 4.76. The molecule has 2 aliphatic rings. The number of benzene rings is 1. The van der Waals surface area contributed by atoms with Crippen LogP contribution in [0.15, 0.2) is 24.3 Å². The Morgan fingerprint density at radius 3 is 2.84 bits per heavy atom. The third kappa shape index (κ3) is 5.34. The Bertz CT molecular complexity index is 604. The van der Waals surface area contributed by atoms with Crippen LogP contribution in [-0.2, 0) is 4.79 Å². The molecule has 0 radical (unpaired) electrons. The Labute approximate surface area is 155 Å². The molecule has 25 heavy (non-hydrogen) atoms. The maximum Gasteiger partial charge on any atom is 0.321 e. The maximum absolute atomic E-state index is 12.5. The molecule has 2 unspecified atom stereocenters. The van der Waals surface area contributed by atoms with E-state index < -0.39 is 0 Å². The lowest BCUT2D eigenvalue weighted by molar-refractivity contribution is -0.126. The van der Waals surface area contributed by atoms with Crippen LogP contribution < -0.4 is 16.0 Å². The minimum Gasteiger partial charge on any atom is -0.352 e. The van der Waals surface area contributed by atoms with Crippen molar-refractivity contribution in [3.05, 3.63) is 29.8 Å². The summed E-state index contributed by atoms with van der Waals surface area (Å²) in [7, 11) is 0. The van der Waals surface area contributed by atoms with Gasteiger partial charge in [0, 0.05) is 31.4 Å². The first-order valence-corrected chi connectivity index (χ1v) is 8.75. The number of amides is 3. The molecule has 2 heterocycles. The van der Waals surface area contributed by atoms with Crippen molar-refractivity contribution in [2.45, 2.75) is 32.2 Å². The van der Waals surface area contributed by atoms with Crippen LogP contribution in [0.5, 0.6) is 0 Å². The summed E-state index contributed by atoms with van der Waals surface area (Å²) < 4.78 is 0. The highest BCUT2D eigenvalue weighted by molar-refractivity contribution is 5.90. The van der Waals surface area contributed by atoms with E-state index in [9.17, 15) is 9.59 Å². The Morgan fingerprint density at radius 1 is 1.28 bits per heavy atom. The average molecular weight is 367 g/mol. The van der Waals surface area contributed by atoms with Crippen LogP contribution in [0, 0.1) is 12.8 Å². The smallest absolute Gasteiger partial charge is 0.321 e. The van der Waals surface area contributed by atoms with E-state index in [2.05, 4.69) is 16.0 Å². The van der Waals surface area contributed by atoms with Crippen molar-refractivity contribution in [3.63, 3.8) is 0 Å². The number of carbonyl (C=O) groups excluding carboxylic acids is 2. The van der Waals surface area contributed by atoms with Crippen LogP contribution in [0.2, 0.25) is 0 Å². The molecule has 3 N–H and O–H groups in total. The zero-order valence-electron chi connectivity index (χ0n) is 14.6. The number of piperidine rings is 1. The molecule has 7 heteroatoms. The van der Waals surface area contributed by atoms with E-state index in [4.69, 9.17) is 0 Å². The molecule has 1 aromatic rings. The summed E-state index contributed by atoms with van der Waals surface area (Å²) in [6, 6.07) is 7.85. The van der Waals surface area contributed by atoms with Gasteiger partial charge in [0.25, 0.3) is 0 Å². The number of anilines is 1. The van der Waals surface area contributed by atoms with Crippen LogP contribution in [-0.4, -0.2) is 49.1 Å². The van der Waals surface area contributed by atoms with Crippen LogP contribution in [0.1, 0.15) is 24.8 Å². The first-order valence-electron chi connectivity index (χ1n) is 8.75. The second-order valence-corrected chi connectivity index (χ2v) is 6.78. The summed E-state index contributed by atoms with van der Waals surface area (Å²) in [5, 5.41) is 9.29. The number of carbonyl (C=O) groups is 2. The predicted octanol–water partition coefficient (Wildman–Crippen LogP) is 2.14. The van der Waals surface area contributed by atoms with Gasteiger partial charge in [-0.2, -0.15) is 0 Å². The lowest BCUT2D eigenvalue weighted by atomic mass is 9.97. The standard InChI is InChI=1S/C18H26N4O2.ClH/c1-13-4-2-6-15(10-13)21-18(24)22-9-3-5-14(12-22)17(23)20-16-7-8-19-11-16;/h2,4,6,10,14,16,19H,3,5,7-9,11-12H2,1H3,(H,20,23)(H,21,24);1H. The molecule has 138 valence electrons. The van der Waals surface area contributed by atoms with E-state index in [1.165, 1.54) is 0 Å². The van der Waals surface area contributed by atoms with Gasteiger partial charge < -0.3 is 20.9 Å². The molecule has 6 nitrogen and oxygen atoms in total. The number of aryl methyl sites for hydroxylation is 1. The lowest BCUT2D eigenvalue weighted by Crippen LogP contribution is -2.49. The number of likely N-dealkylation sites (tertiary alicyclic amines) is 1. The van der Waals surface area contributed by atoms with Crippen LogP contribution in [0.3, 0.4) is 0 Å². The van der Waals surface area contributed by atoms with Gasteiger partial charge in [-0.15, -0.1) is 12.4 Å². The molecule has 1 aromatic carbocycles. The average Bonchev–Trinajstić information content (AvgIpc) is 3.08. The molecule has 2 saturated heterocycles. The van der Waals surface area contributed by atoms with E-state index in [0.29, 0.717) is 13.1 Å². The maximum atomic E-state index is 12.5. The SMILES string of the molecule is Cc1cccc(NC(=O)N2CCCC(C(=O)NC3CCNC3)C2)c1.Cl. The minimum absolute atomic E-state index is 0. The molecule has 0 spiro atoms. The van der Waals surface area contributed by atoms with Gasteiger partial charge in [0.15, 0.2) is 0 Å². The van der Waals surface area contributed by atoms with E-state index in [0.717, 1.165) is 43.6 Å². The van der Waals surface area contributed by atoms with Gasteiger partial charge in [-0.05, 0) is 50.4 Å². The molecule has 0 aromatic heterocycles. The molecule has 3 amide bonds. The summed E-state index contributed by atoms with van der Waals surface area (Å²) >= 11 is 0. The zero-order valence-corrected chi connectivity index (χ0v) is 15.4. The molecular weight excluding hydrogens is 340 g/mol. The van der Waals surface area contributed by atoms with Crippen molar-refractivity contribution in [1.29, 1.82) is 0 Å². The fourth-order valence-corrected chi connectivity index (χ4v) is 3.40. The van der Waals surface area contributed by atoms with Crippen molar-refractivity contribution in [2.75, 3.05) is 31.5 Å². The molecule has 0 aliphatic carbocycles. The van der Waals surface area contributed by atoms with Gasteiger partial charge in [-0.25, -0.2) is 4.79 Å². The Kier molecular flexibility index (Phi) is 7.08. The van der Waals surface area contributed by atoms with Gasteiger partial charge in [-0.1, -0.05) is 12.1 Å².